The predicted octanol–water partition coefficient (Wildman–Crippen LogP) is 0.921. The minimum absolute atomic E-state index is 0.0731. The molecule has 0 bridgehead atoms. The van der Waals surface area contributed by atoms with Crippen LogP contribution in [0.2, 0.25) is 0 Å². The van der Waals surface area contributed by atoms with Crippen LogP contribution in [0.25, 0.3) is 6.08 Å². The lowest BCUT2D eigenvalue weighted by Crippen LogP contribution is -2.37. The van der Waals surface area contributed by atoms with Crippen molar-refractivity contribution in [3.8, 4) is 0 Å². The molecule has 0 unspecified atom stereocenters. The lowest BCUT2D eigenvalue weighted by Gasteiger charge is -2.21. The van der Waals surface area contributed by atoms with Gasteiger partial charge in [0.05, 0.1) is 0 Å². The Labute approximate surface area is 141 Å². The van der Waals surface area contributed by atoms with Crippen LogP contribution < -0.4 is 0 Å². The van der Waals surface area contributed by atoms with E-state index in [9.17, 15) is 4.79 Å². The van der Waals surface area contributed by atoms with Gasteiger partial charge in [0.15, 0.2) is 0 Å². The maximum atomic E-state index is 12.3. The minimum atomic E-state index is 0.0731. The molecule has 0 saturated carbocycles. The maximum Gasteiger partial charge on any atom is 0.244 e. The monoisotopic (exact) mass is 326 g/mol. The van der Waals surface area contributed by atoms with E-state index in [-0.39, 0.29) is 12.5 Å². The molecule has 1 aromatic carbocycles. The Hall–Kier alpha value is -2.54. The molecule has 0 atom stereocenters. The van der Waals surface area contributed by atoms with Crippen molar-refractivity contribution in [1.82, 2.24) is 30.0 Å². The van der Waals surface area contributed by atoms with Crippen molar-refractivity contribution in [2.24, 2.45) is 0 Å². The number of hydrogen-bond acceptors (Lipinski definition) is 5. The molecule has 0 N–H and O–H groups in total. The maximum absolute atomic E-state index is 12.3. The first-order chi connectivity index (χ1) is 11.8. The average molecular weight is 326 g/mol. The van der Waals surface area contributed by atoms with Crippen LogP contribution in [0.3, 0.4) is 0 Å². The number of carbonyl (C=O) groups excluding carboxylic acids is 1. The highest BCUT2D eigenvalue weighted by atomic mass is 16.2. The van der Waals surface area contributed by atoms with Crippen molar-refractivity contribution in [3.63, 3.8) is 0 Å². The van der Waals surface area contributed by atoms with E-state index >= 15 is 0 Å². The van der Waals surface area contributed by atoms with Crippen LogP contribution in [0.4, 0.5) is 0 Å². The van der Waals surface area contributed by atoms with Gasteiger partial charge in [-0.25, -0.2) is 4.68 Å². The molecule has 1 saturated heterocycles. The van der Waals surface area contributed by atoms with Crippen LogP contribution in [-0.2, 0) is 11.3 Å². The molecule has 0 radical (unpaired) electrons. The Balaban J connectivity index is 1.46. The summed E-state index contributed by atoms with van der Waals surface area (Å²) in [4.78, 5) is 16.6. The Bertz CT molecular complexity index is 655. The SMILES string of the molecule is O=C(Cn1cnnn1)N1CCCN(C/C=C/c2ccccc2)CC1. The fraction of sp³-hybridized carbons (Fsp3) is 0.412. The highest BCUT2D eigenvalue weighted by molar-refractivity contribution is 5.75. The average Bonchev–Trinajstić information content (AvgIpc) is 2.99. The summed E-state index contributed by atoms with van der Waals surface area (Å²) >= 11 is 0. The van der Waals surface area contributed by atoms with E-state index in [2.05, 4.69) is 44.7 Å². The molecule has 2 aromatic rings. The van der Waals surface area contributed by atoms with Crippen molar-refractivity contribution in [2.45, 2.75) is 13.0 Å². The van der Waals surface area contributed by atoms with E-state index < -0.39 is 0 Å². The van der Waals surface area contributed by atoms with E-state index in [4.69, 9.17) is 0 Å². The smallest absolute Gasteiger partial charge is 0.244 e. The van der Waals surface area contributed by atoms with Gasteiger partial charge in [0.1, 0.15) is 12.9 Å². The number of hydrogen-bond donors (Lipinski definition) is 0. The number of rotatable bonds is 5. The molecule has 126 valence electrons. The fourth-order valence-corrected chi connectivity index (χ4v) is 2.80. The summed E-state index contributed by atoms with van der Waals surface area (Å²) in [5, 5.41) is 10.9. The Morgan fingerprint density at radius 1 is 1.12 bits per heavy atom. The molecule has 2 heterocycles. The molecule has 0 aliphatic carbocycles. The van der Waals surface area contributed by atoms with Gasteiger partial charge >= 0.3 is 0 Å². The van der Waals surface area contributed by atoms with Crippen molar-refractivity contribution < 1.29 is 4.79 Å². The molecule has 7 nitrogen and oxygen atoms in total. The molecule has 7 heteroatoms. The van der Waals surface area contributed by atoms with Gasteiger partial charge in [-0.05, 0) is 22.4 Å². The highest BCUT2D eigenvalue weighted by Crippen LogP contribution is 2.06. The summed E-state index contributed by atoms with van der Waals surface area (Å²) in [6, 6.07) is 10.3. The molecule has 0 spiro atoms. The van der Waals surface area contributed by atoms with Gasteiger partial charge in [-0.2, -0.15) is 0 Å². The Morgan fingerprint density at radius 3 is 2.79 bits per heavy atom. The second kappa shape index (κ2) is 8.35. The largest absolute Gasteiger partial charge is 0.340 e. The van der Waals surface area contributed by atoms with Gasteiger partial charge in [-0.15, -0.1) is 5.10 Å². The molecule has 24 heavy (non-hydrogen) atoms. The fourth-order valence-electron chi connectivity index (χ4n) is 2.80. The van der Waals surface area contributed by atoms with Crippen molar-refractivity contribution in [3.05, 3.63) is 48.3 Å². The van der Waals surface area contributed by atoms with Crippen LogP contribution in [0, 0.1) is 0 Å². The number of nitrogens with zero attached hydrogens (tertiary/aromatic N) is 6. The van der Waals surface area contributed by atoms with Crippen LogP contribution in [0.15, 0.2) is 42.7 Å². The zero-order chi connectivity index (χ0) is 16.6. The third-order valence-corrected chi connectivity index (χ3v) is 4.10. The van der Waals surface area contributed by atoms with Gasteiger partial charge < -0.3 is 4.90 Å². The van der Waals surface area contributed by atoms with E-state index in [1.165, 1.54) is 16.6 Å². The molecular weight excluding hydrogens is 304 g/mol. The van der Waals surface area contributed by atoms with E-state index in [0.29, 0.717) is 0 Å². The zero-order valence-corrected chi connectivity index (χ0v) is 13.7. The summed E-state index contributed by atoms with van der Waals surface area (Å²) in [5.74, 6) is 0.0731. The summed E-state index contributed by atoms with van der Waals surface area (Å²) in [7, 11) is 0. The number of carbonyl (C=O) groups is 1. The summed E-state index contributed by atoms with van der Waals surface area (Å²) < 4.78 is 1.47. The van der Waals surface area contributed by atoms with Gasteiger partial charge in [0.2, 0.25) is 5.91 Å². The minimum Gasteiger partial charge on any atom is -0.340 e. The molecule has 3 rings (SSSR count). The predicted molar refractivity (Wildman–Crippen MR) is 90.9 cm³/mol. The van der Waals surface area contributed by atoms with Crippen molar-refractivity contribution >= 4 is 12.0 Å². The lowest BCUT2D eigenvalue weighted by molar-refractivity contribution is -0.131. The molecule has 1 aliphatic rings. The second-order valence-electron chi connectivity index (χ2n) is 5.86. The first-order valence-corrected chi connectivity index (χ1v) is 8.24. The first kappa shape index (κ1) is 16.3. The van der Waals surface area contributed by atoms with Crippen LogP contribution in [0.5, 0.6) is 0 Å². The van der Waals surface area contributed by atoms with Gasteiger partial charge in [-0.3, -0.25) is 9.69 Å². The van der Waals surface area contributed by atoms with Crippen molar-refractivity contribution in [1.29, 1.82) is 0 Å². The van der Waals surface area contributed by atoms with Crippen molar-refractivity contribution in [2.75, 3.05) is 32.7 Å². The summed E-state index contributed by atoms with van der Waals surface area (Å²) in [6.45, 7) is 4.55. The van der Waals surface area contributed by atoms with E-state index in [1.807, 2.05) is 23.1 Å². The summed E-state index contributed by atoms with van der Waals surface area (Å²) in [6.07, 6.45) is 6.79. The third kappa shape index (κ3) is 4.73. The summed E-state index contributed by atoms with van der Waals surface area (Å²) in [5.41, 5.74) is 1.21. The molecule has 1 fully saturated rings. The van der Waals surface area contributed by atoms with Gasteiger partial charge in [0.25, 0.3) is 0 Å². The quantitative estimate of drug-likeness (QED) is 0.817. The normalized spacial score (nSPS) is 16.4. The standard InChI is InChI=1S/C17H22N6O/c24-17(14-23-15-18-19-20-23)22-11-5-10-21(12-13-22)9-4-8-16-6-2-1-3-7-16/h1-4,6-8,15H,5,9-14H2/b8-4+. The van der Waals surface area contributed by atoms with E-state index in [1.54, 1.807) is 0 Å². The Morgan fingerprint density at radius 2 is 2.00 bits per heavy atom. The molecule has 1 amide bonds. The van der Waals surface area contributed by atoms with Crippen LogP contribution >= 0.6 is 0 Å². The lowest BCUT2D eigenvalue weighted by atomic mass is 10.2. The Kier molecular flexibility index (Phi) is 5.68. The zero-order valence-electron chi connectivity index (χ0n) is 13.7. The molecule has 1 aromatic heterocycles. The first-order valence-electron chi connectivity index (χ1n) is 8.24. The number of tetrazole rings is 1. The van der Waals surface area contributed by atoms with Crippen LogP contribution in [0.1, 0.15) is 12.0 Å². The topological polar surface area (TPSA) is 67.2 Å². The second-order valence-corrected chi connectivity index (χ2v) is 5.86. The number of benzene rings is 1. The van der Waals surface area contributed by atoms with Gasteiger partial charge in [0, 0.05) is 32.7 Å². The van der Waals surface area contributed by atoms with E-state index in [0.717, 1.165) is 39.1 Å². The van der Waals surface area contributed by atoms with Gasteiger partial charge in [-0.1, -0.05) is 42.5 Å². The third-order valence-electron chi connectivity index (χ3n) is 4.10. The molecule has 1 aliphatic heterocycles. The number of aromatic nitrogens is 4. The highest BCUT2D eigenvalue weighted by Gasteiger charge is 2.19. The van der Waals surface area contributed by atoms with Crippen LogP contribution in [-0.4, -0.2) is 68.6 Å². The number of amides is 1. The molecular formula is C17H22N6O.